The maximum atomic E-state index is 12.8. The summed E-state index contributed by atoms with van der Waals surface area (Å²) in [5.74, 6) is -1.17. The summed E-state index contributed by atoms with van der Waals surface area (Å²) in [6, 6.07) is 11.6. The number of likely N-dealkylation sites (N-methyl/N-ethyl adjacent to an activating group) is 1. The van der Waals surface area contributed by atoms with Gasteiger partial charge in [-0.3, -0.25) is 14.9 Å². The van der Waals surface area contributed by atoms with Crippen LogP contribution in [0, 0.1) is 0 Å². The van der Waals surface area contributed by atoms with Crippen LogP contribution in [0.3, 0.4) is 0 Å². The van der Waals surface area contributed by atoms with E-state index in [4.69, 9.17) is 16.0 Å². The van der Waals surface area contributed by atoms with E-state index in [2.05, 4.69) is 10.6 Å². The monoisotopic (exact) mass is 436 g/mol. The van der Waals surface area contributed by atoms with Crippen LogP contribution in [0.4, 0.5) is 0 Å². The Hall–Kier alpha value is -3.39. The largest absolute Gasteiger partial charge is 0.508 e. The van der Waals surface area contributed by atoms with Gasteiger partial charge in [-0.2, -0.15) is 0 Å². The maximum Gasteiger partial charge on any atom is 0.259 e. The fraction of sp³-hybridized carbons (Fsp3) is 0.130. The van der Waals surface area contributed by atoms with Crippen molar-refractivity contribution >= 4 is 45.4 Å². The predicted octanol–water partition coefficient (Wildman–Crippen LogP) is 3.75. The lowest BCUT2D eigenvalue weighted by atomic mass is 9.92. The van der Waals surface area contributed by atoms with Crippen molar-refractivity contribution in [2.24, 2.45) is 0 Å². The van der Waals surface area contributed by atoms with E-state index in [0.717, 1.165) is 0 Å². The van der Waals surface area contributed by atoms with Crippen molar-refractivity contribution in [2.75, 3.05) is 13.6 Å². The van der Waals surface area contributed by atoms with Crippen LogP contribution < -0.4 is 10.6 Å². The van der Waals surface area contributed by atoms with Crippen LogP contribution in [0.5, 0.6) is 5.75 Å². The first-order valence-electron chi connectivity index (χ1n) is 9.60. The Bertz CT molecular complexity index is 1410. The molecule has 0 spiro atoms. The Kier molecular flexibility index (Phi) is 4.48. The van der Waals surface area contributed by atoms with Gasteiger partial charge in [0.05, 0.1) is 17.2 Å². The molecule has 8 heteroatoms. The quantitative estimate of drug-likeness (QED) is 0.362. The van der Waals surface area contributed by atoms with E-state index < -0.39 is 17.9 Å². The number of benzene rings is 3. The minimum Gasteiger partial charge on any atom is -0.508 e. The summed E-state index contributed by atoms with van der Waals surface area (Å²) in [4.78, 5) is 25.5. The van der Waals surface area contributed by atoms with Crippen LogP contribution >= 0.6 is 11.6 Å². The van der Waals surface area contributed by atoms with Gasteiger partial charge in [-0.25, -0.2) is 0 Å². The molecular formula is C23H17ClN2O5. The molecule has 1 unspecified atom stereocenters. The van der Waals surface area contributed by atoms with Gasteiger partial charge >= 0.3 is 0 Å². The molecule has 1 aromatic heterocycles. The second kappa shape index (κ2) is 7.09. The lowest BCUT2D eigenvalue weighted by Gasteiger charge is -2.11. The summed E-state index contributed by atoms with van der Waals surface area (Å²) in [6.45, 7) is 0.234. The van der Waals surface area contributed by atoms with Gasteiger partial charge in [-0.15, -0.1) is 0 Å². The van der Waals surface area contributed by atoms with E-state index in [1.54, 1.807) is 37.4 Å². The number of phenolic OH excluding ortho intramolecular Hbond substituents is 1. The van der Waals surface area contributed by atoms with Crippen LogP contribution in [-0.2, 0) is 0 Å². The molecule has 4 N–H and O–H groups in total. The first-order valence-corrected chi connectivity index (χ1v) is 9.98. The summed E-state index contributed by atoms with van der Waals surface area (Å²) in [5, 5.41) is 27.3. The van der Waals surface area contributed by atoms with E-state index in [1.807, 2.05) is 0 Å². The summed E-state index contributed by atoms with van der Waals surface area (Å²) in [7, 11) is 1.69. The third kappa shape index (κ3) is 2.90. The average molecular weight is 437 g/mol. The van der Waals surface area contributed by atoms with Crippen LogP contribution in [0.1, 0.15) is 32.4 Å². The molecule has 4 aromatic rings. The number of fused-ring (bicyclic) bond motifs is 5. The zero-order valence-corrected chi connectivity index (χ0v) is 17.1. The summed E-state index contributed by atoms with van der Waals surface area (Å²) in [6.07, 6.45) is -0.952. The van der Waals surface area contributed by atoms with Crippen molar-refractivity contribution in [3.63, 3.8) is 0 Å². The van der Waals surface area contributed by atoms with Crippen molar-refractivity contribution in [2.45, 2.75) is 6.10 Å². The highest BCUT2D eigenvalue weighted by Crippen LogP contribution is 2.44. The van der Waals surface area contributed by atoms with Crippen LogP contribution in [-0.4, -0.2) is 35.6 Å². The number of hydrogen-bond acceptors (Lipinski definition) is 6. The van der Waals surface area contributed by atoms with Gasteiger partial charge in [0.15, 0.2) is 0 Å². The molecule has 5 rings (SSSR count). The number of rotatable bonds is 4. The van der Waals surface area contributed by atoms with Crippen LogP contribution in [0.25, 0.3) is 33.1 Å². The minimum absolute atomic E-state index is 0.0889. The van der Waals surface area contributed by atoms with Crippen molar-refractivity contribution < 1.29 is 24.2 Å². The number of hydrogen-bond donors (Lipinski definition) is 4. The number of aliphatic hydroxyl groups excluding tert-OH is 1. The maximum absolute atomic E-state index is 12.8. The molecule has 0 saturated carbocycles. The van der Waals surface area contributed by atoms with E-state index in [9.17, 15) is 19.8 Å². The third-order valence-electron chi connectivity index (χ3n) is 5.48. The molecule has 1 aliphatic heterocycles. The van der Waals surface area contributed by atoms with Gasteiger partial charge in [0, 0.05) is 39.0 Å². The number of imide groups is 1. The van der Waals surface area contributed by atoms with Gasteiger partial charge < -0.3 is 19.9 Å². The van der Waals surface area contributed by atoms with E-state index >= 15 is 0 Å². The Balaban J connectivity index is 1.93. The Morgan fingerprint density at radius 2 is 1.84 bits per heavy atom. The van der Waals surface area contributed by atoms with Crippen LogP contribution in [0.2, 0.25) is 5.02 Å². The fourth-order valence-electron chi connectivity index (χ4n) is 4.19. The highest BCUT2D eigenvalue weighted by Gasteiger charge is 2.35. The number of aliphatic hydroxyl groups is 1. The molecule has 0 radical (unpaired) electrons. The third-order valence-corrected chi connectivity index (χ3v) is 5.81. The van der Waals surface area contributed by atoms with Crippen molar-refractivity contribution in [1.29, 1.82) is 0 Å². The average Bonchev–Trinajstić information content (AvgIpc) is 3.24. The Morgan fingerprint density at radius 3 is 2.58 bits per heavy atom. The lowest BCUT2D eigenvalue weighted by molar-refractivity contribution is 0.0880. The molecule has 0 aliphatic carbocycles. The molecule has 2 amide bonds. The number of amides is 2. The van der Waals surface area contributed by atoms with E-state index in [-0.39, 0.29) is 23.4 Å². The smallest absolute Gasteiger partial charge is 0.259 e. The van der Waals surface area contributed by atoms with Gasteiger partial charge in [-0.1, -0.05) is 29.8 Å². The van der Waals surface area contributed by atoms with Gasteiger partial charge in [0.2, 0.25) is 0 Å². The van der Waals surface area contributed by atoms with Crippen molar-refractivity contribution in [3.8, 4) is 16.9 Å². The first-order chi connectivity index (χ1) is 14.9. The molecule has 3 aromatic carbocycles. The number of carbonyl (C=O) groups excluding carboxylic acids is 2. The van der Waals surface area contributed by atoms with Crippen LogP contribution in [0.15, 0.2) is 46.9 Å². The minimum atomic E-state index is -0.952. The standard InChI is InChI=1S/C23H17ClN2O5/c1-25-9-16(28)13-6-10(27)7-14-18-17(31-21(13)14)8-12(11-4-2-3-5-15(11)24)19-20(18)23(30)26-22(19)29/h2-8,16,25,27-28H,9H2,1H3,(H,26,29,30). The zero-order chi connectivity index (χ0) is 21.9. The predicted molar refractivity (Wildman–Crippen MR) is 117 cm³/mol. The Morgan fingerprint density at radius 1 is 1.10 bits per heavy atom. The number of aromatic hydroxyl groups is 1. The first kappa shape index (κ1) is 19.6. The van der Waals surface area contributed by atoms with Crippen molar-refractivity contribution in [1.82, 2.24) is 10.6 Å². The number of halogens is 1. The molecular weight excluding hydrogens is 420 g/mol. The van der Waals surface area contributed by atoms with Gasteiger partial charge in [0.25, 0.3) is 11.8 Å². The Labute approximate surface area is 181 Å². The second-order valence-electron chi connectivity index (χ2n) is 7.40. The van der Waals surface area contributed by atoms with Gasteiger partial charge in [-0.05, 0) is 31.3 Å². The second-order valence-corrected chi connectivity index (χ2v) is 7.80. The summed E-state index contributed by atoms with van der Waals surface area (Å²) in [5.41, 5.74) is 2.48. The highest BCUT2D eigenvalue weighted by molar-refractivity contribution is 6.35. The molecule has 1 aliphatic rings. The number of carbonyl (C=O) groups is 2. The topological polar surface area (TPSA) is 112 Å². The summed E-state index contributed by atoms with van der Waals surface area (Å²) < 4.78 is 6.08. The zero-order valence-electron chi connectivity index (χ0n) is 16.3. The molecule has 31 heavy (non-hydrogen) atoms. The summed E-state index contributed by atoms with van der Waals surface area (Å²) >= 11 is 6.38. The van der Waals surface area contributed by atoms with Crippen molar-refractivity contribution in [3.05, 3.63) is 64.2 Å². The fourth-order valence-corrected chi connectivity index (χ4v) is 4.42. The number of phenols is 1. The molecule has 156 valence electrons. The molecule has 7 nitrogen and oxygen atoms in total. The molecule has 0 fully saturated rings. The molecule has 0 bridgehead atoms. The normalized spacial score (nSPS) is 14.3. The number of nitrogens with one attached hydrogen (secondary N) is 2. The molecule has 2 heterocycles. The highest BCUT2D eigenvalue weighted by atomic mass is 35.5. The molecule has 0 saturated heterocycles. The SMILES string of the molecule is CNCC(O)c1cc(O)cc2c1oc1cc(-c3ccccc3Cl)c3c(c12)C(=O)NC3=O. The van der Waals surface area contributed by atoms with E-state index in [0.29, 0.717) is 43.7 Å². The molecule has 1 atom stereocenters. The van der Waals surface area contributed by atoms with E-state index in [1.165, 1.54) is 12.1 Å². The lowest BCUT2D eigenvalue weighted by Crippen LogP contribution is -2.20. The van der Waals surface area contributed by atoms with Gasteiger partial charge in [0.1, 0.15) is 16.9 Å². The number of furan rings is 1.